The van der Waals surface area contributed by atoms with Gasteiger partial charge in [-0.2, -0.15) is 0 Å². The Morgan fingerprint density at radius 3 is 2.42 bits per heavy atom. The number of ether oxygens (including phenoxy) is 2. The van der Waals surface area contributed by atoms with Crippen molar-refractivity contribution in [3.05, 3.63) is 83.4 Å². The van der Waals surface area contributed by atoms with Gasteiger partial charge in [-0.1, -0.05) is 25.1 Å². The van der Waals surface area contributed by atoms with Crippen LogP contribution in [0.2, 0.25) is 0 Å². The number of nitrogens with zero attached hydrogens (tertiary/aromatic N) is 2. The van der Waals surface area contributed by atoms with E-state index in [2.05, 4.69) is 15.5 Å². The number of urea groups is 1. The molecule has 11 heteroatoms. The maximum absolute atomic E-state index is 13.7. The van der Waals surface area contributed by atoms with Gasteiger partial charge >= 0.3 is 12.0 Å². The molecule has 0 aliphatic carbocycles. The minimum absolute atomic E-state index is 0.135. The van der Waals surface area contributed by atoms with Gasteiger partial charge in [0, 0.05) is 31.2 Å². The van der Waals surface area contributed by atoms with Crippen molar-refractivity contribution >= 4 is 29.3 Å². The molecule has 0 saturated heterocycles. The molecule has 3 amide bonds. The second-order valence-electron chi connectivity index (χ2n) is 10.8. The van der Waals surface area contributed by atoms with E-state index in [1.807, 2.05) is 14.0 Å². The summed E-state index contributed by atoms with van der Waals surface area (Å²) in [7, 11) is 3.50. The lowest BCUT2D eigenvalue weighted by Crippen LogP contribution is -2.49. The summed E-state index contributed by atoms with van der Waals surface area (Å²) in [5, 5.41) is 24.7. The molecule has 0 fully saturated rings. The number of amides is 3. The average Bonchev–Trinajstić information content (AvgIpc) is 2.99. The Hall–Kier alpha value is -4.61. The van der Waals surface area contributed by atoms with Crippen LogP contribution in [0.3, 0.4) is 0 Å². The summed E-state index contributed by atoms with van der Waals surface area (Å²) in [6.07, 6.45) is -0.392. The first-order chi connectivity index (χ1) is 20.6. The third kappa shape index (κ3) is 7.82. The molecule has 0 saturated carbocycles. The van der Waals surface area contributed by atoms with Crippen LogP contribution in [-0.2, 0) is 6.54 Å². The number of aliphatic hydroxyl groups excluding tert-OH is 1. The van der Waals surface area contributed by atoms with Crippen LogP contribution in [0.1, 0.15) is 40.1 Å². The van der Waals surface area contributed by atoms with Crippen LogP contribution < -0.4 is 20.1 Å². The number of rotatable bonds is 10. The monoisotopic (exact) mass is 590 g/mol. The average molecular weight is 591 g/mol. The number of carbonyl (C=O) groups is 3. The molecule has 3 atom stereocenters. The van der Waals surface area contributed by atoms with E-state index in [0.717, 1.165) is 5.56 Å². The van der Waals surface area contributed by atoms with E-state index >= 15 is 0 Å². The van der Waals surface area contributed by atoms with Gasteiger partial charge < -0.3 is 35.2 Å². The number of anilines is 2. The topological polar surface area (TPSA) is 141 Å². The molecular formula is C32H38N4O7. The van der Waals surface area contributed by atoms with Crippen molar-refractivity contribution in [3.63, 3.8) is 0 Å². The molecule has 1 aliphatic heterocycles. The molecule has 43 heavy (non-hydrogen) atoms. The van der Waals surface area contributed by atoms with Crippen LogP contribution in [0.5, 0.6) is 11.5 Å². The lowest BCUT2D eigenvalue weighted by atomic mass is 9.98. The predicted octanol–water partition coefficient (Wildman–Crippen LogP) is 4.39. The van der Waals surface area contributed by atoms with E-state index in [9.17, 15) is 24.6 Å². The Kier molecular flexibility index (Phi) is 10.2. The van der Waals surface area contributed by atoms with E-state index in [1.54, 1.807) is 85.7 Å². The van der Waals surface area contributed by atoms with Crippen LogP contribution in [0.25, 0.3) is 0 Å². The molecule has 228 valence electrons. The number of hydrogen-bond acceptors (Lipinski definition) is 7. The highest BCUT2D eigenvalue weighted by Gasteiger charge is 2.34. The molecule has 0 spiro atoms. The zero-order valence-electron chi connectivity index (χ0n) is 24.7. The number of methoxy groups -OCH3 is 1. The molecule has 0 radical (unpaired) electrons. The van der Waals surface area contributed by atoms with Crippen molar-refractivity contribution in [2.45, 2.75) is 32.5 Å². The van der Waals surface area contributed by atoms with Gasteiger partial charge in [0.25, 0.3) is 5.91 Å². The Morgan fingerprint density at radius 1 is 1.09 bits per heavy atom. The Bertz CT molecular complexity index is 1430. The van der Waals surface area contributed by atoms with E-state index < -0.39 is 24.1 Å². The van der Waals surface area contributed by atoms with Gasteiger partial charge in [0.1, 0.15) is 11.9 Å². The van der Waals surface area contributed by atoms with Gasteiger partial charge in [0.2, 0.25) is 0 Å². The molecule has 0 unspecified atom stereocenters. The lowest BCUT2D eigenvalue weighted by molar-refractivity contribution is 0.0343. The minimum Gasteiger partial charge on any atom is -0.497 e. The largest absolute Gasteiger partial charge is 0.497 e. The normalized spacial score (nSPS) is 17.3. The van der Waals surface area contributed by atoms with Crippen molar-refractivity contribution in [2.75, 3.05) is 44.5 Å². The van der Waals surface area contributed by atoms with Gasteiger partial charge in [-0.25, -0.2) is 9.59 Å². The summed E-state index contributed by atoms with van der Waals surface area (Å²) in [5.41, 5.74) is 2.33. The number of carboxylic acids is 1. The molecule has 3 aromatic carbocycles. The van der Waals surface area contributed by atoms with E-state index in [1.165, 1.54) is 0 Å². The Labute approximate surface area is 251 Å². The van der Waals surface area contributed by atoms with E-state index in [4.69, 9.17) is 9.47 Å². The standard InChI is InChI=1S/C32H38N4O7/c1-20-16-36(21(2)19-37)30(38)26-6-5-7-27(34-32(41)33-24-12-14-25(42-4)15-13-24)29(26)43-28(20)18-35(3)17-22-8-10-23(11-9-22)31(39)40/h5-15,20-21,28,37H,16-19H2,1-4H3,(H,39,40)(H2,33,34,41)/t20-,21-,28+/m1/s1. The number of aliphatic hydroxyl groups is 1. The number of aromatic carboxylic acids is 1. The lowest BCUT2D eigenvalue weighted by Gasteiger charge is -2.38. The van der Waals surface area contributed by atoms with Crippen LogP contribution >= 0.6 is 0 Å². The molecule has 4 rings (SSSR count). The number of hydrogen-bond donors (Lipinski definition) is 4. The van der Waals surface area contributed by atoms with Crippen molar-refractivity contribution in [1.29, 1.82) is 0 Å². The van der Waals surface area contributed by atoms with Crippen molar-refractivity contribution < 1.29 is 34.1 Å². The van der Waals surface area contributed by atoms with Gasteiger partial charge in [-0.15, -0.1) is 0 Å². The quantitative estimate of drug-likeness (QED) is 0.273. The number of carbonyl (C=O) groups excluding carboxylic acids is 2. The minimum atomic E-state index is -0.978. The molecule has 11 nitrogen and oxygen atoms in total. The van der Waals surface area contributed by atoms with Crippen molar-refractivity contribution in [2.24, 2.45) is 5.92 Å². The molecule has 1 aliphatic rings. The molecule has 0 bridgehead atoms. The summed E-state index contributed by atoms with van der Waals surface area (Å²) >= 11 is 0. The second-order valence-corrected chi connectivity index (χ2v) is 10.8. The summed E-state index contributed by atoms with van der Waals surface area (Å²) in [6, 6.07) is 17.7. The van der Waals surface area contributed by atoms with Gasteiger partial charge in [-0.3, -0.25) is 9.69 Å². The number of fused-ring (bicyclic) bond motifs is 1. The van der Waals surface area contributed by atoms with Gasteiger partial charge in [-0.05, 0) is 68.1 Å². The Balaban J connectivity index is 1.59. The fourth-order valence-electron chi connectivity index (χ4n) is 4.95. The first-order valence-corrected chi connectivity index (χ1v) is 14.0. The van der Waals surface area contributed by atoms with E-state index in [0.29, 0.717) is 36.8 Å². The second kappa shape index (κ2) is 14.0. The Morgan fingerprint density at radius 2 is 1.79 bits per heavy atom. The highest BCUT2D eigenvalue weighted by molar-refractivity contribution is 6.04. The van der Waals surface area contributed by atoms with E-state index in [-0.39, 0.29) is 35.3 Å². The fourth-order valence-corrected chi connectivity index (χ4v) is 4.95. The molecular weight excluding hydrogens is 552 g/mol. The first-order valence-electron chi connectivity index (χ1n) is 14.0. The molecule has 1 heterocycles. The number of likely N-dealkylation sites (N-methyl/N-ethyl adjacent to an activating group) is 1. The highest BCUT2D eigenvalue weighted by atomic mass is 16.5. The maximum atomic E-state index is 13.7. The number of nitrogens with one attached hydrogen (secondary N) is 2. The van der Waals surface area contributed by atoms with Crippen LogP contribution in [0.4, 0.5) is 16.2 Å². The first kappa shape index (κ1) is 31.3. The predicted molar refractivity (Wildman–Crippen MR) is 163 cm³/mol. The van der Waals surface area contributed by atoms with Crippen molar-refractivity contribution in [3.8, 4) is 11.5 Å². The summed E-state index contributed by atoms with van der Waals surface area (Å²) in [5.74, 6) is -0.500. The SMILES string of the molecule is COc1ccc(NC(=O)Nc2cccc3c2O[C@@H](CN(C)Cc2ccc(C(=O)O)cc2)[C@H](C)CN([C@H](C)CO)C3=O)cc1. The third-order valence-corrected chi connectivity index (χ3v) is 7.43. The fraction of sp³-hybridized carbons (Fsp3) is 0.344. The zero-order chi connectivity index (χ0) is 31.1. The van der Waals surface area contributed by atoms with Crippen LogP contribution in [-0.4, -0.2) is 83.9 Å². The molecule has 4 N–H and O–H groups in total. The highest BCUT2D eigenvalue weighted by Crippen LogP contribution is 2.35. The maximum Gasteiger partial charge on any atom is 0.335 e. The molecule has 3 aromatic rings. The van der Waals surface area contributed by atoms with Crippen molar-refractivity contribution in [1.82, 2.24) is 9.80 Å². The summed E-state index contributed by atoms with van der Waals surface area (Å²) in [4.78, 5) is 41.6. The van der Waals surface area contributed by atoms with Gasteiger partial charge in [0.05, 0.1) is 36.6 Å². The van der Waals surface area contributed by atoms with Crippen LogP contribution in [0.15, 0.2) is 66.7 Å². The number of benzene rings is 3. The number of para-hydroxylation sites is 1. The van der Waals surface area contributed by atoms with Crippen LogP contribution in [0, 0.1) is 5.92 Å². The number of carboxylic acid groups (broad SMARTS) is 1. The van der Waals surface area contributed by atoms with Gasteiger partial charge in [0.15, 0.2) is 5.75 Å². The smallest absolute Gasteiger partial charge is 0.335 e. The zero-order valence-corrected chi connectivity index (χ0v) is 24.7. The molecule has 0 aromatic heterocycles. The summed E-state index contributed by atoms with van der Waals surface area (Å²) < 4.78 is 11.7. The third-order valence-electron chi connectivity index (χ3n) is 7.43. The summed E-state index contributed by atoms with van der Waals surface area (Å²) in [6.45, 7) is 4.96.